The lowest BCUT2D eigenvalue weighted by Gasteiger charge is -2.19. The average molecular weight is 514 g/mol. The van der Waals surface area contributed by atoms with Crippen molar-refractivity contribution in [1.82, 2.24) is 14.9 Å². The van der Waals surface area contributed by atoms with Crippen LogP contribution < -0.4 is 10.6 Å². The summed E-state index contributed by atoms with van der Waals surface area (Å²) in [6.45, 7) is 4.90. The van der Waals surface area contributed by atoms with Crippen LogP contribution in [0.5, 0.6) is 0 Å². The molecule has 0 radical (unpaired) electrons. The summed E-state index contributed by atoms with van der Waals surface area (Å²) in [5, 5.41) is 5.95. The van der Waals surface area contributed by atoms with E-state index < -0.39 is 10.0 Å². The smallest absolute Gasteiger partial charge is 0.251 e. The zero-order valence-corrected chi connectivity index (χ0v) is 21.2. The Morgan fingerprint density at radius 1 is 1.06 bits per heavy atom. The monoisotopic (exact) mass is 513 g/mol. The molecule has 4 rings (SSSR count). The Kier molecular flexibility index (Phi) is 8.30. The third-order valence-electron chi connectivity index (χ3n) is 6.47. The van der Waals surface area contributed by atoms with Crippen LogP contribution in [0.3, 0.4) is 0 Å². The zero-order valence-electron chi connectivity index (χ0n) is 19.6. The molecule has 2 heterocycles. The quantitative estimate of drug-likeness (QED) is 0.376. The summed E-state index contributed by atoms with van der Waals surface area (Å²) in [5.74, 6) is -0.200. The van der Waals surface area contributed by atoms with E-state index in [-0.39, 0.29) is 33.3 Å². The van der Waals surface area contributed by atoms with E-state index in [0.29, 0.717) is 25.2 Å². The van der Waals surface area contributed by atoms with E-state index in [1.165, 1.54) is 28.1 Å². The van der Waals surface area contributed by atoms with Gasteiger partial charge in [0.2, 0.25) is 15.9 Å². The lowest BCUT2D eigenvalue weighted by molar-refractivity contribution is -0.116. The van der Waals surface area contributed by atoms with Crippen molar-refractivity contribution in [2.75, 3.05) is 19.6 Å². The van der Waals surface area contributed by atoms with E-state index in [1.807, 2.05) is 18.2 Å². The van der Waals surface area contributed by atoms with Gasteiger partial charge in [0, 0.05) is 30.4 Å². The summed E-state index contributed by atoms with van der Waals surface area (Å²) < 4.78 is 27.8. The third kappa shape index (κ3) is 6.34. The average Bonchev–Trinajstić information content (AvgIpc) is 3.43. The van der Waals surface area contributed by atoms with E-state index >= 15 is 0 Å². The molecular formula is C26H31N3O4S2. The first-order valence-electron chi connectivity index (χ1n) is 11.9. The summed E-state index contributed by atoms with van der Waals surface area (Å²) in [5.41, 5.74) is 1.73. The van der Waals surface area contributed by atoms with E-state index in [1.54, 1.807) is 23.9 Å². The van der Waals surface area contributed by atoms with Gasteiger partial charge in [-0.1, -0.05) is 36.9 Å². The second-order valence-electron chi connectivity index (χ2n) is 8.92. The zero-order chi connectivity index (χ0) is 24.8. The number of benzene rings is 2. The maximum atomic E-state index is 13.1. The molecule has 2 aromatic carbocycles. The Labute approximate surface area is 211 Å². The summed E-state index contributed by atoms with van der Waals surface area (Å²) >= 11 is 1.62. The minimum atomic E-state index is -3.63. The standard InChI is InChI=1S/C26H31N3O4S2/c1-2-24(30)28-25-16-21-17-29(18-23(21)34-25)35(32,33)22-13-11-20(12-14-22)26(31)27-15-7-6-10-19-8-4-3-5-9-19/h2-5,8-9,11-14,21,23,25H,1,6-7,10,15-18H2,(H,27,31)(H,28,30). The summed E-state index contributed by atoms with van der Waals surface area (Å²) in [6.07, 6.45) is 4.83. The number of thioether (sulfide) groups is 1. The third-order valence-corrected chi connectivity index (χ3v) is 9.84. The Morgan fingerprint density at radius 3 is 2.49 bits per heavy atom. The Bertz CT molecular complexity index is 1140. The highest BCUT2D eigenvalue weighted by Crippen LogP contribution is 2.43. The molecule has 3 atom stereocenters. The molecule has 3 unspecified atom stereocenters. The summed E-state index contributed by atoms with van der Waals surface area (Å²) in [6, 6.07) is 16.4. The predicted octanol–water partition coefficient (Wildman–Crippen LogP) is 3.19. The van der Waals surface area contributed by atoms with Crippen LogP contribution in [0.2, 0.25) is 0 Å². The van der Waals surface area contributed by atoms with Crippen LogP contribution in [0.4, 0.5) is 0 Å². The van der Waals surface area contributed by atoms with Gasteiger partial charge in [-0.05, 0) is 67.5 Å². The number of sulfonamides is 1. The second-order valence-corrected chi connectivity index (χ2v) is 12.3. The van der Waals surface area contributed by atoms with Gasteiger partial charge in [0.25, 0.3) is 5.91 Å². The molecule has 2 fully saturated rings. The molecule has 0 spiro atoms. The number of hydrogen-bond donors (Lipinski definition) is 2. The number of nitrogens with zero attached hydrogens (tertiary/aromatic N) is 1. The fourth-order valence-electron chi connectivity index (χ4n) is 4.56. The molecular weight excluding hydrogens is 482 g/mol. The second kappa shape index (κ2) is 11.4. The van der Waals surface area contributed by atoms with E-state index in [4.69, 9.17) is 0 Å². The highest BCUT2D eigenvalue weighted by atomic mass is 32.2. The number of aryl methyl sites for hydroxylation is 1. The van der Waals surface area contributed by atoms with Gasteiger partial charge in [-0.3, -0.25) is 9.59 Å². The molecule has 35 heavy (non-hydrogen) atoms. The molecule has 2 N–H and O–H groups in total. The Morgan fingerprint density at radius 2 is 1.80 bits per heavy atom. The normalized spacial score (nSPS) is 21.9. The highest BCUT2D eigenvalue weighted by Gasteiger charge is 2.45. The van der Waals surface area contributed by atoms with Gasteiger partial charge in [-0.25, -0.2) is 8.42 Å². The number of amides is 2. The molecule has 9 heteroatoms. The minimum Gasteiger partial charge on any atom is -0.352 e. The van der Waals surface area contributed by atoms with Gasteiger partial charge in [-0.2, -0.15) is 4.31 Å². The van der Waals surface area contributed by atoms with Crippen LogP contribution in [0, 0.1) is 5.92 Å². The van der Waals surface area contributed by atoms with Crippen LogP contribution in [-0.4, -0.2) is 54.8 Å². The molecule has 0 aliphatic carbocycles. The van der Waals surface area contributed by atoms with Crippen LogP contribution in [0.1, 0.15) is 35.2 Å². The van der Waals surface area contributed by atoms with Crippen LogP contribution in [-0.2, 0) is 21.2 Å². The molecule has 2 aliphatic rings. The minimum absolute atomic E-state index is 0.00325. The van der Waals surface area contributed by atoms with Crippen molar-refractivity contribution in [2.45, 2.75) is 41.2 Å². The number of unbranched alkanes of at least 4 members (excludes halogenated alkanes) is 1. The number of hydrogen-bond acceptors (Lipinski definition) is 5. The van der Waals surface area contributed by atoms with Gasteiger partial charge in [0.1, 0.15) is 0 Å². The van der Waals surface area contributed by atoms with Crippen molar-refractivity contribution < 1.29 is 18.0 Å². The van der Waals surface area contributed by atoms with Crippen LogP contribution in [0.25, 0.3) is 0 Å². The molecule has 2 aromatic rings. The number of rotatable bonds is 10. The maximum Gasteiger partial charge on any atom is 0.251 e. The fraction of sp³-hybridized carbons (Fsp3) is 0.385. The lowest BCUT2D eigenvalue weighted by Crippen LogP contribution is -2.33. The molecule has 2 saturated heterocycles. The van der Waals surface area contributed by atoms with Crippen molar-refractivity contribution in [3.8, 4) is 0 Å². The van der Waals surface area contributed by atoms with Crippen LogP contribution >= 0.6 is 11.8 Å². The first kappa shape index (κ1) is 25.5. The van der Waals surface area contributed by atoms with Crippen molar-refractivity contribution in [3.05, 3.63) is 78.4 Å². The lowest BCUT2D eigenvalue weighted by atomic mass is 10.1. The fourth-order valence-corrected chi connectivity index (χ4v) is 7.83. The van der Waals surface area contributed by atoms with Crippen LogP contribution in [0.15, 0.2) is 72.1 Å². The summed E-state index contributed by atoms with van der Waals surface area (Å²) in [7, 11) is -3.63. The van der Waals surface area contributed by atoms with Gasteiger partial charge >= 0.3 is 0 Å². The predicted molar refractivity (Wildman–Crippen MR) is 139 cm³/mol. The molecule has 186 valence electrons. The summed E-state index contributed by atoms with van der Waals surface area (Å²) in [4.78, 5) is 24.2. The molecule has 0 bridgehead atoms. The number of fused-ring (bicyclic) bond motifs is 1. The largest absolute Gasteiger partial charge is 0.352 e. The number of carbonyl (C=O) groups is 2. The van der Waals surface area contributed by atoms with Crippen molar-refractivity contribution in [1.29, 1.82) is 0 Å². The molecule has 2 amide bonds. The molecule has 0 saturated carbocycles. The molecule has 2 aliphatic heterocycles. The number of nitrogens with one attached hydrogen (secondary N) is 2. The molecule has 7 nitrogen and oxygen atoms in total. The number of carbonyl (C=O) groups excluding carboxylic acids is 2. The van der Waals surface area contributed by atoms with Gasteiger partial charge in [-0.15, -0.1) is 11.8 Å². The van der Waals surface area contributed by atoms with E-state index in [0.717, 1.165) is 25.7 Å². The highest BCUT2D eigenvalue weighted by molar-refractivity contribution is 8.00. The van der Waals surface area contributed by atoms with Crippen molar-refractivity contribution >= 4 is 33.6 Å². The topological polar surface area (TPSA) is 95.6 Å². The van der Waals surface area contributed by atoms with Crippen molar-refractivity contribution in [3.63, 3.8) is 0 Å². The van der Waals surface area contributed by atoms with Gasteiger partial charge in [0.05, 0.1) is 10.3 Å². The first-order chi connectivity index (χ1) is 16.9. The SMILES string of the molecule is C=CC(=O)NC1CC2CN(S(=O)(=O)c3ccc(C(=O)NCCCCc4ccccc4)cc3)CC2S1. The van der Waals surface area contributed by atoms with Gasteiger partial charge in [0.15, 0.2) is 0 Å². The first-order valence-corrected chi connectivity index (χ1v) is 14.3. The molecule has 0 aromatic heterocycles. The van der Waals surface area contributed by atoms with E-state index in [9.17, 15) is 18.0 Å². The Hall–Kier alpha value is -2.62. The maximum absolute atomic E-state index is 13.1. The van der Waals surface area contributed by atoms with Gasteiger partial charge < -0.3 is 10.6 Å². The Balaban J connectivity index is 1.24. The van der Waals surface area contributed by atoms with E-state index in [2.05, 4.69) is 29.3 Å². The van der Waals surface area contributed by atoms with Crippen molar-refractivity contribution in [2.24, 2.45) is 5.92 Å².